The van der Waals surface area contributed by atoms with E-state index in [2.05, 4.69) is 46.8 Å². The number of ketones is 1. The van der Waals surface area contributed by atoms with E-state index in [1.807, 2.05) is 48.5 Å². The molecule has 0 aliphatic carbocycles. The van der Waals surface area contributed by atoms with Crippen LogP contribution in [0.4, 0.5) is 28.4 Å². The second-order valence-electron chi connectivity index (χ2n) is 7.95. The maximum atomic E-state index is 12.1. The minimum Gasteiger partial charge on any atom is -0.506 e. The Morgan fingerprint density at radius 2 is 1.50 bits per heavy atom. The fourth-order valence-electron chi connectivity index (χ4n) is 3.48. The molecule has 0 atom stereocenters. The van der Waals surface area contributed by atoms with Gasteiger partial charge in [0.1, 0.15) is 11.4 Å². The van der Waals surface area contributed by atoms with Crippen molar-refractivity contribution in [2.45, 2.75) is 40.0 Å². The molecule has 0 spiro atoms. The molecule has 0 saturated heterocycles. The second kappa shape index (κ2) is 12.4. The molecule has 3 aromatic carbocycles. The third-order valence-electron chi connectivity index (χ3n) is 5.54. The number of hydrazine groups is 1. The van der Waals surface area contributed by atoms with Crippen molar-refractivity contribution in [3.63, 3.8) is 0 Å². The van der Waals surface area contributed by atoms with Crippen molar-refractivity contribution < 1.29 is 9.90 Å². The molecule has 0 aliphatic rings. The van der Waals surface area contributed by atoms with Gasteiger partial charge < -0.3 is 20.9 Å². The van der Waals surface area contributed by atoms with Gasteiger partial charge in [-0.1, -0.05) is 13.3 Å². The molecule has 7 heteroatoms. The summed E-state index contributed by atoms with van der Waals surface area (Å²) in [4.78, 5) is 14.4. The first-order valence-corrected chi connectivity index (χ1v) is 11.8. The van der Waals surface area contributed by atoms with E-state index in [0.29, 0.717) is 23.4 Å². The number of phenols is 1. The molecule has 0 saturated carbocycles. The van der Waals surface area contributed by atoms with Gasteiger partial charge in [0.25, 0.3) is 0 Å². The van der Waals surface area contributed by atoms with Crippen LogP contribution in [0.5, 0.6) is 5.75 Å². The van der Waals surface area contributed by atoms with Crippen LogP contribution in [-0.4, -0.2) is 24.0 Å². The highest BCUT2D eigenvalue weighted by molar-refractivity contribution is 5.96. The van der Waals surface area contributed by atoms with Crippen LogP contribution in [0.25, 0.3) is 0 Å². The lowest BCUT2D eigenvalue weighted by atomic mass is 10.1. The lowest BCUT2D eigenvalue weighted by Crippen LogP contribution is -2.21. The zero-order valence-electron chi connectivity index (χ0n) is 20.1. The molecule has 0 aromatic heterocycles. The Labute approximate surface area is 201 Å². The first-order valence-electron chi connectivity index (χ1n) is 11.8. The summed E-state index contributed by atoms with van der Waals surface area (Å²) in [7, 11) is 0. The second-order valence-corrected chi connectivity index (χ2v) is 7.95. The summed E-state index contributed by atoms with van der Waals surface area (Å²) in [6.07, 6.45) is 2.49. The number of nitrogens with zero attached hydrogens (tertiary/aromatic N) is 3. The summed E-state index contributed by atoms with van der Waals surface area (Å²) in [5.74, 6) is 0.183. The molecule has 3 rings (SSSR count). The van der Waals surface area contributed by atoms with E-state index >= 15 is 0 Å². The SMILES string of the molecule is CCCCC(=O)c1ccc(NNc2ccc(/N=N/c3ccc(N(CC)CC)cc3)c(O)c2)cc1. The number of nitrogens with one attached hydrogen (secondary N) is 2. The quantitative estimate of drug-likeness (QED) is 0.148. The Morgan fingerprint density at radius 3 is 2.12 bits per heavy atom. The number of unbranched alkanes of at least 4 members (excludes halogenated alkanes) is 1. The Morgan fingerprint density at radius 1 is 0.853 bits per heavy atom. The number of rotatable bonds is 12. The third kappa shape index (κ3) is 6.81. The lowest BCUT2D eigenvalue weighted by molar-refractivity contribution is 0.0980. The predicted molar refractivity (Wildman–Crippen MR) is 140 cm³/mol. The number of hydrogen-bond donors (Lipinski definition) is 3. The summed E-state index contributed by atoms with van der Waals surface area (Å²) in [6.45, 7) is 8.22. The van der Waals surface area contributed by atoms with Crippen molar-refractivity contribution >= 4 is 34.2 Å². The largest absolute Gasteiger partial charge is 0.506 e. The topological polar surface area (TPSA) is 89.3 Å². The molecule has 0 amide bonds. The molecule has 0 aliphatic heterocycles. The van der Waals surface area contributed by atoms with Gasteiger partial charge in [-0.25, -0.2) is 0 Å². The van der Waals surface area contributed by atoms with Gasteiger partial charge in [-0.15, -0.1) is 5.11 Å². The first-order chi connectivity index (χ1) is 16.5. The summed E-state index contributed by atoms with van der Waals surface area (Å²) in [6, 6.07) is 20.3. The fraction of sp³-hybridized carbons (Fsp3) is 0.296. The number of Topliss-reactive ketones (excluding diaryl/α,β-unsaturated/α-hetero) is 1. The van der Waals surface area contributed by atoms with Crippen molar-refractivity contribution in [3.05, 3.63) is 72.3 Å². The van der Waals surface area contributed by atoms with Gasteiger partial charge in [0.15, 0.2) is 5.78 Å². The fourth-order valence-corrected chi connectivity index (χ4v) is 3.48. The summed E-state index contributed by atoms with van der Waals surface area (Å²) in [5.41, 5.74) is 10.6. The van der Waals surface area contributed by atoms with Crippen molar-refractivity contribution in [2.75, 3.05) is 28.8 Å². The Kier molecular flexibility index (Phi) is 9.03. The summed E-state index contributed by atoms with van der Waals surface area (Å²) >= 11 is 0. The molecule has 34 heavy (non-hydrogen) atoms. The van der Waals surface area contributed by atoms with Crippen molar-refractivity contribution in [3.8, 4) is 5.75 Å². The van der Waals surface area contributed by atoms with Gasteiger partial charge in [0.05, 0.1) is 17.1 Å². The molecule has 3 N–H and O–H groups in total. The highest BCUT2D eigenvalue weighted by Gasteiger charge is 2.06. The number of hydrogen-bond acceptors (Lipinski definition) is 7. The Bertz CT molecular complexity index is 1090. The van der Waals surface area contributed by atoms with Gasteiger partial charge in [0, 0.05) is 36.8 Å². The summed E-state index contributed by atoms with van der Waals surface area (Å²) < 4.78 is 0. The highest BCUT2D eigenvalue weighted by atomic mass is 16.3. The van der Waals surface area contributed by atoms with Crippen LogP contribution in [0.3, 0.4) is 0 Å². The van der Waals surface area contributed by atoms with Gasteiger partial charge in [-0.3, -0.25) is 4.79 Å². The van der Waals surface area contributed by atoms with Crippen molar-refractivity contribution in [1.29, 1.82) is 0 Å². The molecule has 0 unspecified atom stereocenters. The minimum atomic E-state index is 0.0205. The number of azo groups is 1. The molecular weight excluding hydrogens is 426 g/mol. The van der Waals surface area contributed by atoms with Crippen molar-refractivity contribution in [1.82, 2.24) is 0 Å². The molecule has 178 valence electrons. The Hall–Kier alpha value is -3.87. The molecule has 0 fully saturated rings. The lowest BCUT2D eigenvalue weighted by Gasteiger charge is -2.20. The van der Waals surface area contributed by atoms with Gasteiger partial charge in [-0.2, -0.15) is 5.11 Å². The van der Waals surface area contributed by atoms with Crippen LogP contribution in [0.2, 0.25) is 0 Å². The number of anilines is 3. The molecule has 0 radical (unpaired) electrons. The molecule has 0 heterocycles. The van der Waals surface area contributed by atoms with Crippen LogP contribution in [0.15, 0.2) is 77.0 Å². The van der Waals surface area contributed by atoms with E-state index < -0.39 is 0 Å². The summed E-state index contributed by atoms with van der Waals surface area (Å²) in [5, 5.41) is 18.8. The number of phenolic OH excluding ortho intramolecular Hbond substituents is 1. The number of carbonyl (C=O) groups is 1. The molecule has 7 nitrogen and oxygen atoms in total. The van der Waals surface area contributed by atoms with Gasteiger partial charge in [0.2, 0.25) is 0 Å². The first kappa shape index (κ1) is 24.8. The standard InChI is InChI=1S/C27H33N5O2/c1-4-7-8-26(33)20-9-11-21(12-10-20)28-30-23-15-18-25(27(34)19-23)31-29-22-13-16-24(17-14-22)32(5-2)6-3/h9-19,28,30,34H,4-8H2,1-3H3/b31-29+. The average Bonchev–Trinajstić information content (AvgIpc) is 2.87. The smallest absolute Gasteiger partial charge is 0.162 e. The van der Waals surface area contributed by atoms with Gasteiger partial charge in [-0.05, 0) is 80.9 Å². The van der Waals surface area contributed by atoms with E-state index in [1.54, 1.807) is 18.2 Å². The third-order valence-corrected chi connectivity index (χ3v) is 5.54. The average molecular weight is 460 g/mol. The van der Waals surface area contributed by atoms with E-state index in [1.165, 1.54) is 0 Å². The zero-order chi connectivity index (χ0) is 24.3. The number of benzene rings is 3. The number of carbonyl (C=O) groups excluding carboxylic acids is 1. The van der Waals surface area contributed by atoms with E-state index in [0.717, 1.165) is 43.0 Å². The van der Waals surface area contributed by atoms with Gasteiger partial charge >= 0.3 is 0 Å². The monoisotopic (exact) mass is 459 g/mol. The molecule has 0 bridgehead atoms. The van der Waals surface area contributed by atoms with Crippen LogP contribution < -0.4 is 15.8 Å². The van der Waals surface area contributed by atoms with E-state index in [-0.39, 0.29) is 11.5 Å². The minimum absolute atomic E-state index is 0.0205. The normalized spacial score (nSPS) is 10.9. The van der Waals surface area contributed by atoms with Crippen LogP contribution >= 0.6 is 0 Å². The maximum absolute atomic E-state index is 12.1. The zero-order valence-corrected chi connectivity index (χ0v) is 20.1. The predicted octanol–water partition coefficient (Wildman–Crippen LogP) is 7.47. The van der Waals surface area contributed by atoms with E-state index in [9.17, 15) is 9.90 Å². The highest BCUT2D eigenvalue weighted by Crippen LogP contribution is 2.31. The van der Waals surface area contributed by atoms with Crippen LogP contribution in [0.1, 0.15) is 50.4 Å². The molecule has 3 aromatic rings. The van der Waals surface area contributed by atoms with Crippen LogP contribution in [0, 0.1) is 0 Å². The van der Waals surface area contributed by atoms with Crippen molar-refractivity contribution in [2.24, 2.45) is 10.2 Å². The molecular formula is C27H33N5O2. The maximum Gasteiger partial charge on any atom is 0.162 e. The van der Waals surface area contributed by atoms with Crippen LogP contribution in [-0.2, 0) is 0 Å². The Balaban J connectivity index is 1.57. The van der Waals surface area contributed by atoms with E-state index in [4.69, 9.17) is 0 Å². The number of aromatic hydroxyl groups is 1.